The van der Waals surface area contributed by atoms with Crippen molar-refractivity contribution in [1.82, 2.24) is 10.6 Å². The number of carbonyl (C=O) groups is 3. The van der Waals surface area contributed by atoms with Gasteiger partial charge < -0.3 is 11.1 Å². The van der Waals surface area contributed by atoms with E-state index in [-0.39, 0.29) is 41.4 Å². The molecule has 0 aromatic heterocycles. The highest BCUT2D eigenvalue weighted by Crippen LogP contribution is 2.51. The van der Waals surface area contributed by atoms with Gasteiger partial charge in [0.15, 0.2) is 0 Å². The fourth-order valence-corrected chi connectivity index (χ4v) is 4.55. The molecule has 24 heavy (non-hydrogen) atoms. The zero-order chi connectivity index (χ0) is 17.1. The summed E-state index contributed by atoms with van der Waals surface area (Å²) >= 11 is 0. The van der Waals surface area contributed by atoms with Crippen LogP contribution in [0.5, 0.6) is 0 Å². The minimum atomic E-state index is -0.178. The lowest BCUT2D eigenvalue weighted by molar-refractivity contribution is -0.126. The molecule has 1 saturated carbocycles. The van der Waals surface area contributed by atoms with Crippen molar-refractivity contribution >= 4 is 17.7 Å². The molecule has 2 fully saturated rings. The van der Waals surface area contributed by atoms with Gasteiger partial charge in [0.1, 0.15) is 0 Å². The smallest absolute Gasteiger partial charge is 0.231 e. The maximum atomic E-state index is 12.1. The predicted molar refractivity (Wildman–Crippen MR) is 89.6 cm³/mol. The Labute approximate surface area is 142 Å². The molecule has 0 aromatic carbocycles. The monoisotopic (exact) mass is 333 g/mol. The van der Waals surface area contributed by atoms with E-state index in [1.165, 1.54) is 5.57 Å². The van der Waals surface area contributed by atoms with Crippen molar-refractivity contribution in [3.63, 3.8) is 0 Å². The third-order valence-electron chi connectivity index (χ3n) is 5.69. The highest BCUT2D eigenvalue weighted by molar-refractivity contribution is 6.06. The molecule has 1 aliphatic heterocycles. The Morgan fingerprint density at radius 1 is 1.17 bits per heavy atom. The van der Waals surface area contributed by atoms with Crippen LogP contribution in [0.3, 0.4) is 0 Å². The fourth-order valence-electron chi connectivity index (χ4n) is 4.55. The third kappa shape index (κ3) is 3.38. The van der Waals surface area contributed by atoms with E-state index in [0.29, 0.717) is 19.5 Å². The lowest BCUT2D eigenvalue weighted by Gasteiger charge is -2.42. The van der Waals surface area contributed by atoms with Crippen molar-refractivity contribution in [1.29, 1.82) is 0 Å². The first-order chi connectivity index (χ1) is 11.6. The zero-order valence-electron chi connectivity index (χ0n) is 14.1. The van der Waals surface area contributed by atoms with Gasteiger partial charge in [-0.1, -0.05) is 18.1 Å². The average Bonchev–Trinajstić information content (AvgIpc) is 2.89. The van der Waals surface area contributed by atoms with E-state index >= 15 is 0 Å². The van der Waals surface area contributed by atoms with Crippen LogP contribution in [0.2, 0.25) is 0 Å². The van der Waals surface area contributed by atoms with Gasteiger partial charge in [-0.2, -0.15) is 0 Å². The summed E-state index contributed by atoms with van der Waals surface area (Å²) < 4.78 is 0. The van der Waals surface area contributed by atoms with Gasteiger partial charge in [-0.3, -0.25) is 19.7 Å². The summed E-state index contributed by atoms with van der Waals surface area (Å²) in [5, 5.41) is 5.47. The quantitative estimate of drug-likeness (QED) is 0.348. The fraction of sp³-hybridized carbons (Fsp3) is 0.722. The molecule has 4 aliphatic rings. The molecule has 2 bridgehead atoms. The van der Waals surface area contributed by atoms with Crippen LogP contribution in [0, 0.1) is 23.7 Å². The van der Waals surface area contributed by atoms with Crippen LogP contribution >= 0.6 is 0 Å². The van der Waals surface area contributed by atoms with Crippen LogP contribution in [0.1, 0.15) is 44.9 Å². The number of fused-ring (bicyclic) bond motifs is 1. The molecule has 0 aromatic rings. The second-order valence-corrected chi connectivity index (χ2v) is 7.19. The van der Waals surface area contributed by atoms with Crippen molar-refractivity contribution in [2.75, 3.05) is 13.1 Å². The number of allylic oxidation sites excluding steroid dienone is 1. The Kier molecular flexibility index (Phi) is 5.33. The van der Waals surface area contributed by atoms with Gasteiger partial charge in [0.25, 0.3) is 0 Å². The Hall–Kier alpha value is -1.69. The number of rotatable bonds is 8. The number of hydrogen-bond donors (Lipinski definition) is 3. The summed E-state index contributed by atoms with van der Waals surface area (Å²) in [5.41, 5.74) is 6.69. The molecule has 1 saturated heterocycles. The van der Waals surface area contributed by atoms with Crippen LogP contribution in [0.15, 0.2) is 11.6 Å². The van der Waals surface area contributed by atoms with Gasteiger partial charge >= 0.3 is 0 Å². The minimum absolute atomic E-state index is 0.0836. The number of amides is 3. The first kappa shape index (κ1) is 17.1. The normalized spacial score (nSPS) is 30.8. The molecule has 0 radical (unpaired) electrons. The Morgan fingerprint density at radius 2 is 1.96 bits per heavy atom. The Bertz CT molecular complexity index is 558. The van der Waals surface area contributed by atoms with Crippen LogP contribution in [-0.4, -0.2) is 30.8 Å². The first-order valence-corrected chi connectivity index (χ1v) is 9.14. The molecular formula is C18H27N3O3. The molecule has 0 spiro atoms. The summed E-state index contributed by atoms with van der Waals surface area (Å²) in [6.45, 7) is 1.29. The standard InChI is InChI=1S/C18H27N3O3/c19-8-3-1-2-4-14(22)20-9-7-11-10-12-5-6-13(11)16-15(12)17(23)21-18(16)24/h10,12-13,15-16H,1-9,19H2,(H,20,22)(H,21,23,24). The number of nitrogens with one attached hydrogen (secondary N) is 2. The Morgan fingerprint density at radius 3 is 2.75 bits per heavy atom. The second-order valence-electron chi connectivity index (χ2n) is 7.19. The summed E-state index contributed by atoms with van der Waals surface area (Å²) in [6, 6.07) is 0. The number of carbonyl (C=O) groups excluding carboxylic acids is 3. The van der Waals surface area contributed by atoms with E-state index in [4.69, 9.17) is 5.73 Å². The summed E-state index contributed by atoms with van der Waals surface area (Å²) in [4.78, 5) is 35.8. The van der Waals surface area contributed by atoms with Crippen LogP contribution in [-0.2, 0) is 14.4 Å². The van der Waals surface area contributed by atoms with Gasteiger partial charge in [-0.05, 0) is 50.5 Å². The average molecular weight is 333 g/mol. The maximum absolute atomic E-state index is 12.1. The lowest BCUT2D eigenvalue weighted by Crippen LogP contribution is -2.41. The van der Waals surface area contributed by atoms with E-state index in [0.717, 1.165) is 38.5 Å². The molecular weight excluding hydrogens is 306 g/mol. The molecule has 4 N–H and O–H groups in total. The van der Waals surface area contributed by atoms with E-state index in [1.807, 2.05) is 0 Å². The van der Waals surface area contributed by atoms with Gasteiger partial charge in [0.05, 0.1) is 11.8 Å². The maximum Gasteiger partial charge on any atom is 0.231 e. The van der Waals surface area contributed by atoms with Gasteiger partial charge in [-0.25, -0.2) is 0 Å². The molecule has 3 amide bonds. The van der Waals surface area contributed by atoms with Crippen molar-refractivity contribution in [2.45, 2.75) is 44.9 Å². The number of imide groups is 1. The van der Waals surface area contributed by atoms with Crippen molar-refractivity contribution in [2.24, 2.45) is 29.4 Å². The largest absolute Gasteiger partial charge is 0.356 e. The molecule has 132 valence electrons. The highest BCUT2D eigenvalue weighted by atomic mass is 16.2. The van der Waals surface area contributed by atoms with E-state index in [2.05, 4.69) is 16.7 Å². The summed E-state index contributed by atoms with van der Waals surface area (Å²) in [7, 11) is 0. The molecule has 1 heterocycles. The van der Waals surface area contributed by atoms with Gasteiger partial charge in [0.2, 0.25) is 17.7 Å². The molecule has 6 heteroatoms. The van der Waals surface area contributed by atoms with Crippen molar-refractivity contribution in [3.8, 4) is 0 Å². The SMILES string of the molecule is NCCCCCC(=O)NCCC1=CC2CCC1C1C(=O)NC(=O)C21. The predicted octanol–water partition coefficient (Wildman–Crippen LogP) is 0.867. The molecule has 4 atom stereocenters. The van der Waals surface area contributed by atoms with Gasteiger partial charge in [-0.15, -0.1) is 0 Å². The van der Waals surface area contributed by atoms with Crippen LogP contribution < -0.4 is 16.4 Å². The molecule has 3 aliphatic carbocycles. The van der Waals surface area contributed by atoms with E-state index in [9.17, 15) is 14.4 Å². The topological polar surface area (TPSA) is 101 Å². The van der Waals surface area contributed by atoms with Crippen LogP contribution in [0.25, 0.3) is 0 Å². The molecule has 4 rings (SSSR count). The molecule has 4 unspecified atom stereocenters. The lowest BCUT2D eigenvalue weighted by atomic mass is 9.60. The number of hydrogen-bond acceptors (Lipinski definition) is 4. The summed E-state index contributed by atoms with van der Waals surface area (Å²) in [6.07, 6.45) is 8.32. The van der Waals surface area contributed by atoms with Crippen molar-refractivity contribution in [3.05, 3.63) is 11.6 Å². The minimum Gasteiger partial charge on any atom is -0.356 e. The third-order valence-corrected chi connectivity index (χ3v) is 5.69. The molecule has 6 nitrogen and oxygen atoms in total. The number of unbranched alkanes of at least 4 members (excludes halogenated alkanes) is 2. The first-order valence-electron chi connectivity index (χ1n) is 9.14. The van der Waals surface area contributed by atoms with E-state index < -0.39 is 0 Å². The Balaban J connectivity index is 1.48. The van der Waals surface area contributed by atoms with Gasteiger partial charge in [0, 0.05) is 13.0 Å². The number of nitrogens with two attached hydrogens (primary N) is 1. The zero-order valence-corrected chi connectivity index (χ0v) is 14.1. The highest BCUT2D eigenvalue weighted by Gasteiger charge is 2.54. The second kappa shape index (κ2) is 7.47. The summed E-state index contributed by atoms with van der Waals surface area (Å²) in [5.74, 6) is -0.0862. The van der Waals surface area contributed by atoms with Crippen LogP contribution in [0.4, 0.5) is 0 Å². The van der Waals surface area contributed by atoms with Crippen molar-refractivity contribution < 1.29 is 14.4 Å². The van der Waals surface area contributed by atoms with E-state index in [1.54, 1.807) is 0 Å².